The summed E-state index contributed by atoms with van der Waals surface area (Å²) in [6.45, 7) is 7.88. The van der Waals surface area contributed by atoms with Gasteiger partial charge in [0.05, 0.1) is 0 Å². The van der Waals surface area contributed by atoms with Gasteiger partial charge in [-0.3, -0.25) is 14.3 Å². The van der Waals surface area contributed by atoms with Crippen LogP contribution in [0, 0.1) is 6.92 Å². The fourth-order valence-corrected chi connectivity index (χ4v) is 2.69. The van der Waals surface area contributed by atoms with E-state index in [0.29, 0.717) is 28.7 Å². The molecule has 1 atom stereocenters. The molecule has 28 heavy (non-hydrogen) atoms. The zero-order valence-corrected chi connectivity index (χ0v) is 16.3. The summed E-state index contributed by atoms with van der Waals surface area (Å²) in [5.74, 6) is 0.456. The smallest absolute Gasteiger partial charge is 0.439 e. The molecule has 0 bridgehead atoms. The standard InChI is InChI=1S/C21H23N3O4/c1-12(2)15-9-8-13(3)18(11-15)27-14(4)20(25)22-17-7-5-6-16(10-17)19-23-21(26)28-24-19/h5-12,14H,1-4H3,(H,22,25)(H,23,24,26). The van der Waals surface area contributed by atoms with Gasteiger partial charge >= 0.3 is 5.76 Å². The van der Waals surface area contributed by atoms with Gasteiger partial charge < -0.3 is 10.1 Å². The van der Waals surface area contributed by atoms with E-state index in [4.69, 9.17) is 4.74 Å². The molecule has 1 amide bonds. The van der Waals surface area contributed by atoms with Crippen molar-refractivity contribution < 1.29 is 14.1 Å². The molecular weight excluding hydrogens is 358 g/mol. The lowest BCUT2D eigenvalue weighted by Gasteiger charge is -2.18. The molecule has 7 heteroatoms. The minimum absolute atomic E-state index is 0.278. The van der Waals surface area contributed by atoms with Crippen LogP contribution in [0.25, 0.3) is 11.4 Å². The van der Waals surface area contributed by atoms with E-state index < -0.39 is 11.9 Å². The second kappa shape index (κ2) is 8.12. The number of anilines is 1. The maximum Gasteiger partial charge on any atom is 0.439 e. The second-order valence-corrected chi connectivity index (χ2v) is 6.95. The average Bonchev–Trinajstić information content (AvgIpc) is 3.10. The number of carbonyl (C=O) groups excluding carboxylic acids is 1. The molecule has 0 aliphatic carbocycles. The van der Waals surface area contributed by atoms with Crippen LogP contribution >= 0.6 is 0 Å². The van der Waals surface area contributed by atoms with Gasteiger partial charge in [0.25, 0.3) is 5.91 Å². The zero-order chi connectivity index (χ0) is 20.3. The average molecular weight is 381 g/mol. The van der Waals surface area contributed by atoms with Crippen molar-refractivity contribution in [1.82, 2.24) is 10.1 Å². The Hall–Kier alpha value is -3.35. The van der Waals surface area contributed by atoms with Crippen LogP contribution in [0.5, 0.6) is 5.75 Å². The summed E-state index contributed by atoms with van der Waals surface area (Å²) >= 11 is 0. The Balaban J connectivity index is 1.71. The van der Waals surface area contributed by atoms with E-state index in [0.717, 1.165) is 11.1 Å². The third-order valence-electron chi connectivity index (χ3n) is 4.40. The number of hydrogen-bond acceptors (Lipinski definition) is 5. The summed E-state index contributed by atoms with van der Waals surface area (Å²) in [5.41, 5.74) is 3.32. The summed E-state index contributed by atoms with van der Waals surface area (Å²) in [6.07, 6.45) is -0.684. The summed E-state index contributed by atoms with van der Waals surface area (Å²) in [6, 6.07) is 13.0. The number of hydrogen-bond donors (Lipinski definition) is 2. The normalized spacial score (nSPS) is 12.0. The maximum absolute atomic E-state index is 12.6. The topological polar surface area (TPSA) is 97.2 Å². The van der Waals surface area contributed by atoms with Crippen LogP contribution in [0.15, 0.2) is 51.8 Å². The molecule has 2 N–H and O–H groups in total. The Morgan fingerprint density at radius 1 is 1.18 bits per heavy atom. The second-order valence-electron chi connectivity index (χ2n) is 6.95. The lowest BCUT2D eigenvalue weighted by molar-refractivity contribution is -0.122. The number of ether oxygens (including phenoxy) is 1. The number of benzene rings is 2. The molecule has 7 nitrogen and oxygen atoms in total. The highest BCUT2D eigenvalue weighted by Gasteiger charge is 2.17. The van der Waals surface area contributed by atoms with Crippen LogP contribution in [0.3, 0.4) is 0 Å². The summed E-state index contributed by atoms with van der Waals surface area (Å²) < 4.78 is 10.4. The monoisotopic (exact) mass is 381 g/mol. The van der Waals surface area contributed by atoms with Crippen molar-refractivity contribution in [2.24, 2.45) is 0 Å². The van der Waals surface area contributed by atoms with Crippen molar-refractivity contribution in [3.8, 4) is 17.1 Å². The van der Waals surface area contributed by atoms with Crippen molar-refractivity contribution >= 4 is 11.6 Å². The van der Waals surface area contributed by atoms with Gasteiger partial charge in [-0.25, -0.2) is 4.79 Å². The lowest BCUT2D eigenvalue weighted by Crippen LogP contribution is -2.30. The number of nitrogens with zero attached hydrogens (tertiary/aromatic N) is 1. The zero-order valence-electron chi connectivity index (χ0n) is 16.3. The third-order valence-corrected chi connectivity index (χ3v) is 4.40. The van der Waals surface area contributed by atoms with Gasteiger partial charge in [0.15, 0.2) is 11.9 Å². The van der Waals surface area contributed by atoms with E-state index in [1.165, 1.54) is 0 Å². The highest BCUT2D eigenvalue weighted by molar-refractivity contribution is 5.94. The molecule has 0 aliphatic rings. The molecule has 146 valence electrons. The van der Waals surface area contributed by atoms with Crippen molar-refractivity contribution in [2.45, 2.75) is 39.7 Å². The maximum atomic E-state index is 12.6. The molecular formula is C21H23N3O4. The molecule has 0 saturated heterocycles. The van der Waals surface area contributed by atoms with Crippen LogP contribution in [-0.2, 0) is 4.79 Å². The Bertz CT molecular complexity index is 1040. The van der Waals surface area contributed by atoms with Crippen molar-refractivity contribution in [1.29, 1.82) is 0 Å². The minimum Gasteiger partial charge on any atom is -0.481 e. The highest BCUT2D eigenvalue weighted by Crippen LogP contribution is 2.25. The van der Waals surface area contributed by atoms with Gasteiger partial charge in [-0.2, -0.15) is 0 Å². The fourth-order valence-electron chi connectivity index (χ4n) is 2.69. The summed E-state index contributed by atoms with van der Waals surface area (Å²) in [5, 5.41) is 6.47. The van der Waals surface area contributed by atoms with Gasteiger partial charge in [-0.1, -0.05) is 43.3 Å². The summed E-state index contributed by atoms with van der Waals surface area (Å²) in [7, 11) is 0. The van der Waals surface area contributed by atoms with Gasteiger partial charge in [0.2, 0.25) is 0 Å². The Labute approximate surface area is 162 Å². The molecule has 0 spiro atoms. The minimum atomic E-state index is -0.684. The largest absolute Gasteiger partial charge is 0.481 e. The number of nitrogens with one attached hydrogen (secondary N) is 2. The Kier molecular flexibility index (Phi) is 5.63. The number of aromatic amines is 1. The third kappa shape index (κ3) is 4.49. The van der Waals surface area contributed by atoms with E-state index in [9.17, 15) is 9.59 Å². The quantitative estimate of drug-likeness (QED) is 0.676. The number of amides is 1. The van der Waals surface area contributed by atoms with Crippen LogP contribution < -0.4 is 15.8 Å². The SMILES string of the molecule is Cc1ccc(C(C)C)cc1OC(C)C(=O)Nc1cccc(-c2noc(=O)[nH]2)c1. The van der Waals surface area contributed by atoms with Crippen molar-refractivity contribution in [2.75, 3.05) is 5.32 Å². The molecule has 3 aromatic rings. The molecule has 1 aromatic heterocycles. The molecule has 2 aromatic carbocycles. The Morgan fingerprint density at radius 3 is 2.64 bits per heavy atom. The van der Waals surface area contributed by atoms with E-state index >= 15 is 0 Å². The van der Waals surface area contributed by atoms with Crippen LogP contribution in [-0.4, -0.2) is 22.2 Å². The molecule has 3 rings (SSSR count). The number of aromatic nitrogens is 2. The van der Waals surface area contributed by atoms with Crippen molar-refractivity contribution in [3.05, 3.63) is 64.1 Å². The van der Waals surface area contributed by atoms with Crippen LogP contribution in [0.2, 0.25) is 0 Å². The first kappa shape index (κ1) is 19.4. The van der Waals surface area contributed by atoms with Crippen LogP contribution in [0.4, 0.5) is 5.69 Å². The van der Waals surface area contributed by atoms with Gasteiger partial charge in [-0.15, -0.1) is 0 Å². The molecule has 0 radical (unpaired) electrons. The molecule has 0 fully saturated rings. The first-order valence-electron chi connectivity index (χ1n) is 9.08. The molecule has 1 unspecified atom stereocenters. The van der Waals surface area contributed by atoms with Gasteiger partial charge in [0.1, 0.15) is 5.75 Å². The van der Waals surface area contributed by atoms with E-state index in [-0.39, 0.29) is 5.91 Å². The van der Waals surface area contributed by atoms with E-state index in [1.54, 1.807) is 31.2 Å². The number of carbonyl (C=O) groups is 1. The number of H-pyrrole nitrogens is 1. The molecule has 0 aliphatic heterocycles. The van der Waals surface area contributed by atoms with Gasteiger partial charge in [-0.05, 0) is 49.1 Å². The van der Waals surface area contributed by atoms with E-state index in [2.05, 4.69) is 39.9 Å². The number of aryl methyl sites for hydroxylation is 1. The van der Waals surface area contributed by atoms with Crippen molar-refractivity contribution in [3.63, 3.8) is 0 Å². The first-order chi connectivity index (χ1) is 13.3. The summed E-state index contributed by atoms with van der Waals surface area (Å²) in [4.78, 5) is 26.2. The predicted molar refractivity (Wildman–Crippen MR) is 107 cm³/mol. The molecule has 0 saturated carbocycles. The van der Waals surface area contributed by atoms with Gasteiger partial charge in [0, 0.05) is 11.3 Å². The highest BCUT2D eigenvalue weighted by atomic mass is 16.5. The Morgan fingerprint density at radius 2 is 1.96 bits per heavy atom. The van der Waals surface area contributed by atoms with E-state index in [1.807, 2.05) is 19.1 Å². The number of rotatable bonds is 6. The van der Waals surface area contributed by atoms with Crippen LogP contribution in [0.1, 0.15) is 37.8 Å². The predicted octanol–water partition coefficient (Wildman–Crippen LogP) is 3.87. The molecule has 1 heterocycles. The lowest BCUT2D eigenvalue weighted by atomic mass is 10.0. The fraction of sp³-hybridized carbons (Fsp3) is 0.286. The first-order valence-corrected chi connectivity index (χ1v) is 9.08.